The van der Waals surface area contributed by atoms with Crippen molar-refractivity contribution >= 4 is 29.9 Å². The second-order valence-corrected chi connectivity index (χ2v) is 5.76. The summed E-state index contributed by atoms with van der Waals surface area (Å²) in [6.07, 6.45) is 1.10. The standard InChI is InChI=1S/C18H31N3O2.HI/c1-5-19-18(20-11-13-23-12-10-15(2)3)21-14-16-6-8-17(22-4)9-7-16;/h6-9,15H,5,10-14H2,1-4H3,(H2,19,20,21);1H. The number of hydrogen-bond donors (Lipinski definition) is 2. The lowest BCUT2D eigenvalue weighted by Crippen LogP contribution is -2.39. The fourth-order valence-corrected chi connectivity index (χ4v) is 1.91. The van der Waals surface area contributed by atoms with Crippen LogP contribution in [0.15, 0.2) is 29.3 Å². The molecule has 1 aromatic rings. The van der Waals surface area contributed by atoms with Gasteiger partial charge in [-0.2, -0.15) is 0 Å². The molecule has 0 spiro atoms. The van der Waals surface area contributed by atoms with E-state index in [1.807, 2.05) is 24.3 Å². The Morgan fingerprint density at radius 3 is 2.42 bits per heavy atom. The van der Waals surface area contributed by atoms with Crippen LogP contribution in [0.25, 0.3) is 0 Å². The summed E-state index contributed by atoms with van der Waals surface area (Å²) in [4.78, 5) is 4.58. The van der Waals surface area contributed by atoms with E-state index in [2.05, 4.69) is 36.4 Å². The van der Waals surface area contributed by atoms with Crippen molar-refractivity contribution in [1.82, 2.24) is 10.6 Å². The number of ether oxygens (including phenoxy) is 2. The van der Waals surface area contributed by atoms with Crippen LogP contribution in [-0.2, 0) is 11.3 Å². The highest BCUT2D eigenvalue weighted by Crippen LogP contribution is 2.11. The van der Waals surface area contributed by atoms with Crippen molar-refractivity contribution in [2.45, 2.75) is 33.7 Å². The second-order valence-electron chi connectivity index (χ2n) is 5.76. The first-order chi connectivity index (χ1) is 11.2. The van der Waals surface area contributed by atoms with Crippen LogP contribution < -0.4 is 15.4 Å². The molecular weight excluding hydrogens is 417 g/mol. The van der Waals surface area contributed by atoms with E-state index in [9.17, 15) is 0 Å². The normalized spacial score (nSPS) is 11.1. The summed E-state index contributed by atoms with van der Waals surface area (Å²) in [7, 11) is 1.67. The van der Waals surface area contributed by atoms with Crippen LogP contribution in [-0.4, -0.2) is 39.4 Å². The molecule has 0 amide bonds. The first-order valence-electron chi connectivity index (χ1n) is 8.38. The van der Waals surface area contributed by atoms with Crippen molar-refractivity contribution in [3.8, 4) is 5.75 Å². The van der Waals surface area contributed by atoms with Gasteiger partial charge in [0, 0.05) is 19.7 Å². The van der Waals surface area contributed by atoms with Crippen molar-refractivity contribution in [3.63, 3.8) is 0 Å². The highest BCUT2D eigenvalue weighted by atomic mass is 127. The zero-order valence-corrected chi connectivity index (χ0v) is 17.6. The van der Waals surface area contributed by atoms with Gasteiger partial charge in [-0.15, -0.1) is 24.0 Å². The Morgan fingerprint density at radius 1 is 1.12 bits per heavy atom. The molecule has 24 heavy (non-hydrogen) atoms. The Balaban J connectivity index is 0.00000529. The molecule has 1 rings (SSSR count). The lowest BCUT2D eigenvalue weighted by atomic mass is 10.1. The number of rotatable bonds is 10. The fourth-order valence-electron chi connectivity index (χ4n) is 1.91. The van der Waals surface area contributed by atoms with Crippen LogP contribution in [0.2, 0.25) is 0 Å². The Hall–Kier alpha value is -1.02. The summed E-state index contributed by atoms with van der Waals surface area (Å²) in [6, 6.07) is 7.96. The highest BCUT2D eigenvalue weighted by Gasteiger charge is 1.99. The van der Waals surface area contributed by atoms with Gasteiger partial charge in [0.25, 0.3) is 0 Å². The smallest absolute Gasteiger partial charge is 0.191 e. The lowest BCUT2D eigenvalue weighted by molar-refractivity contribution is 0.128. The zero-order valence-electron chi connectivity index (χ0n) is 15.3. The topological polar surface area (TPSA) is 54.9 Å². The molecule has 0 saturated carbocycles. The molecule has 0 aliphatic carbocycles. The van der Waals surface area contributed by atoms with E-state index in [1.165, 1.54) is 0 Å². The van der Waals surface area contributed by atoms with E-state index in [4.69, 9.17) is 9.47 Å². The maximum absolute atomic E-state index is 5.60. The molecule has 0 fully saturated rings. The van der Waals surface area contributed by atoms with E-state index in [1.54, 1.807) is 7.11 Å². The van der Waals surface area contributed by atoms with Crippen LogP contribution in [0, 0.1) is 5.92 Å². The molecule has 1 aromatic carbocycles. The summed E-state index contributed by atoms with van der Waals surface area (Å²) in [5.41, 5.74) is 1.15. The van der Waals surface area contributed by atoms with Crippen LogP contribution in [0.1, 0.15) is 32.8 Å². The number of benzene rings is 1. The largest absolute Gasteiger partial charge is 0.497 e. The maximum atomic E-state index is 5.60. The quantitative estimate of drug-likeness (QED) is 0.249. The van der Waals surface area contributed by atoms with Gasteiger partial charge in [0.1, 0.15) is 5.75 Å². The molecule has 5 nitrogen and oxygen atoms in total. The lowest BCUT2D eigenvalue weighted by Gasteiger charge is -2.12. The Labute approximate surface area is 163 Å². The molecule has 6 heteroatoms. The number of methoxy groups -OCH3 is 1. The molecular formula is C18H32IN3O2. The first kappa shape index (κ1) is 23.0. The van der Waals surface area contributed by atoms with Gasteiger partial charge in [-0.3, -0.25) is 0 Å². The number of guanidine groups is 1. The number of nitrogens with one attached hydrogen (secondary N) is 2. The molecule has 0 saturated heterocycles. The van der Waals surface area contributed by atoms with E-state index in [0.717, 1.165) is 43.4 Å². The second kappa shape index (κ2) is 14.3. The average Bonchev–Trinajstić information content (AvgIpc) is 2.55. The van der Waals surface area contributed by atoms with E-state index in [0.29, 0.717) is 19.1 Å². The minimum Gasteiger partial charge on any atom is -0.497 e. The Bertz CT molecular complexity index is 450. The summed E-state index contributed by atoms with van der Waals surface area (Å²) in [5, 5.41) is 6.53. The number of aliphatic imine (C=N–C) groups is 1. The molecule has 0 aliphatic rings. The van der Waals surface area contributed by atoms with E-state index in [-0.39, 0.29) is 24.0 Å². The summed E-state index contributed by atoms with van der Waals surface area (Å²) in [5.74, 6) is 2.36. The maximum Gasteiger partial charge on any atom is 0.191 e. The fraction of sp³-hybridized carbons (Fsp3) is 0.611. The van der Waals surface area contributed by atoms with Gasteiger partial charge in [0.15, 0.2) is 5.96 Å². The van der Waals surface area contributed by atoms with Gasteiger partial charge >= 0.3 is 0 Å². The number of hydrogen-bond acceptors (Lipinski definition) is 3. The molecule has 0 radical (unpaired) electrons. The Morgan fingerprint density at radius 2 is 1.83 bits per heavy atom. The van der Waals surface area contributed by atoms with Crippen molar-refractivity contribution in [1.29, 1.82) is 0 Å². The minimum atomic E-state index is 0. The third-order valence-corrected chi connectivity index (χ3v) is 3.30. The number of halogens is 1. The summed E-state index contributed by atoms with van der Waals surface area (Å²) < 4.78 is 10.8. The van der Waals surface area contributed by atoms with E-state index < -0.39 is 0 Å². The molecule has 138 valence electrons. The highest BCUT2D eigenvalue weighted by molar-refractivity contribution is 14.0. The van der Waals surface area contributed by atoms with Gasteiger partial charge in [-0.25, -0.2) is 4.99 Å². The van der Waals surface area contributed by atoms with E-state index >= 15 is 0 Å². The third kappa shape index (κ3) is 10.7. The Kier molecular flexibility index (Phi) is 13.7. The average molecular weight is 449 g/mol. The van der Waals surface area contributed by atoms with Crippen molar-refractivity contribution in [2.75, 3.05) is 33.4 Å². The molecule has 0 atom stereocenters. The summed E-state index contributed by atoms with van der Waals surface area (Å²) in [6.45, 7) is 10.2. The third-order valence-electron chi connectivity index (χ3n) is 3.30. The van der Waals surface area contributed by atoms with Crippen molar-refractivity contribution < 1.29 is 9.47 Å². The molecule has 0 aliphatic heterocycles. The monoisotopic (exact) mass is 449 g/mol. The van der Waals surface area contributed by atoms with Gasteiger partial charge in [0.05, 0.1) is 20.3 Å². The van der Waals surface area contributed by atoms with Crippen LogP contribution in [0.4, 0.5) is 0 Å². The number of nitrogens with zero attached hydrogens (tertiary/aromatic N) is 1. The zero-order chi connectivity index (χ0) is 16.9. The van der Waals surface area contributed by atoms with Crippen LogP contribution >= 0.6 is 24.0 Å². The van der Waals surface area contributed by atoms with Gasteiger partial charge in [-0.05, 0) is 37.0 Å². The van der Waals surface area contributed by atoms with Crippen LogP contribution in [0.3, 0.4) is 0 Å². The molecule has 2 N–H and O–H groups in total. The van der Waals surface area contributed by atoms with Gasteiger partial charge in [-0.1, -0.05) is 26.0 Å². The van der Waals surface area contributed by atoms with Crippen molar-refractivity contribution in [3.05, 3.63) is 29.8 Å². The predicted octanol–water partition coefficient (Wildman–Crippen LogP) is 3.43. The minimum absolute atomic E-state index is 0. The predicted molar refractivity (Wildman–Crippen MR) is 112 cm³/mol. The molecule has 0 unspecified atom stereocenters. The van der Waals surface area contributed by atoms with Crippen molar-refractivity contribution in [2.24, 2.45) is 10.9 Å². The summed E-state index contributed by atoms with van der Waals surface area (Å²) >= 11 is 0. The first-order valence-corrected chi connectivity index (χ1v) is 8.38. The SMILES string of the molecule is CCNC(=NCc1ccc(OC)cc1)NCCOCCC(C)C.I. The van der Waals surface area contributed by atoms with Gasteiger partial charge < -0.3 is 20.1 Å². The molecule has 0 heterocycles. The molecule has 0 aromatic heterocycles. The molecule has 0 bridgehead atoms. The van der Waals surface area contributed by atoms with Crippen LogP contribution in [0.5, 0.6) is 5.75 Å². The van der Waals surface area contributed by atoms with Gasteiger partial charge in [0.2, 0.25) is 0 Å².